The Bertz CT molecular complexity index is 1270. The number of rotatable bonds is 2. The van der Waals surface area contributed by atoms with E-state index < -0.39 is 0 Å². The van der Waals surface area contributed by atoms with Gasteiger partial charge in [-0.1, -0.05) is 12.1 Å². The van der Waals surface area contributed by atoms with Crippen LogP contribution in [0.15, 0.2) is 47.2 Å². The zero-order chi connectivity index (χ0) is 17.1. The van der Waals surface area contributed by atoms with E-state index in [2.05, 4.69) is 64.7 Å². The predicted octanol–water partition coefficient (Wildman–Crippen LogP) is 6.31. The zero-order valence-electron chi connectivity index (χ0n) is 13.0. The molecule has 0 bridgehead atoms. The molecule has 0 aliphatic carbocycles. The first-order chi connectivity index (χ1) is 12.9. The van der Waals surface area contributed by atoms with E-state index in [9.17, 15) is 0 Å². The Morgan fingerprint density at radius 3 is 1.54 bits per heavy atom. The number of fused-ring (bicyclic) bond motifs is 5. The molecule has 0 atom stereocenters. The Balaban J connectivity index is 1.93. The molecular weight excluding hydrogens is 400 g/mol. The van der Waals surface area contributed by atoms with Gasteiger partial charge in [-0.3, -0.25) is 0 Å². The first kappa shape index (κ1) is 14.9. The van der Waals surface area contributed by atoms with Crippen LogP contribution in [0.5, 0.6) is 0 Å². The second-order valence-electron chi connectivity index (χ2n) is 5.82. The smallest absolute Gasteiger partial charge is 0.113 e. The van der Waals surface area contributed by atoms with Crippen molar-refractivity contribution in [3.05, 3.63) is 47.2 Å². The topological polar surface area (TPSA) is 51.6 Å². The number of hydrogen-bond donors (Lipinski definition) is 0. The van der Waals surface area contributed by atoms with E-state index in [4.69, 9.17) is 0 Å². The largest absolute Gasteiger partial charge is 0.173 e. The SMILES string of the molecule is c1csc(-c2cc3nsnc3c3c(-c4cccs4)cc4nsnc4c23)c1. The van der Waals surface area contributed by atoms with Crippen molar-refractivity contribution in [2.75, 3.05) is 0 Å². The fraction of sp³-hybridized carbons (Fsp3) is 0. The minimum atomic E-state index is 0.936. The summed E-state index contributed by atoms with van der Waals surface area (Å²) in [4.78, 5) is 2.42. The molecule has 4 heterocycles. The highest BCUT2D eigenvalue weighted by molar-refractivity contribution is 7.14. The lowest BCUT2D eigenvalue weighted by Crippen LogP contribution is -1.88. The summed E-state index contributed by atoms with van der Waals surface area (Å²) >= 11 is 5.98. The Morgan fingerprint density at radius 2 is 1.12 bits per heavy atom. The first-order valence-corrected chi connectivity index (χ1v) is 11.0. The number of benzene rings is 2. The van der Waals surface area contributed by atoms with Gasteiger partial charge < -0.3 is 0 Å². The maximum absolute atomic E-state index is 4.62. The van der Waals surface area contributed by atoms with Gasteiger partial charge in [0.15, 0.2) is 0 Å². The van der Waals surface area contributed by atoms with Crippen LogP contribution in [0.25, 0.3) is 53.7 Å². The van der Waals surface area contributed by atoms with E-state index in [0.717, 1.165) is 44.0 Å². The minimum absolute atomic E-state index is 0.936. The van der Waals surface area contributed by atoms with E-state index in [0.29, 0.717) is 0 Å². The molecule has 0 aliphatic rings. The summed E-state index contributed by atoms with van der Waals surface area (Å²) in [7, 11) is 0. The molecule has 26 heavy (non-hydrogen) atoms. The second-order valence-corrected chi connectivity index (χ2v) is 8.77. The van der Waals surface area contributed by atoms with Crippen molar-refractivity contribution in [3.8, 4) is 20.9 Å². The summed E-state index contributed by atoms with van der Waals surface area (Å²) in [5, 5.41) is 6.46. The van der Waals surface area contributed by atoms with Gasteiger partial charge in [0.2, 0.25) is 0 Å². The Labute approximate surface area is 164 Å². The van der Waals surface area contributed by atoms with Gasteiger partial charge >= 0.3 is 0 Å². The summed E-state index contributed by atoms with van der Waals surface area (Å²) < 4.78 is 18.3. The van der Waals surface area contributed by atoms with Gasteiger partial charge in [-0.2, -0.15) is 17.5 Å². The third-order valence-electron chi connectivity index (χ3n) is 4.43. The molecule has 124 valence electrons. The number of hydrogen-bond acceptors (Lipinski definition) is 8. The third kappa shape index (κ3) is 2.04. The molecule has 0 saturated heterocycles. The van der Waals surface area contributed by atoms with Crippen molar-refractivity contribution in [2.24, 2.45) is 0 Å². The van der Waals surface area contributed by atoms with E-state index in [-0.39, 0.29) is 0 Å². The van der Waals surface area contributed by atoms with Gasteiger partial charge in [-0.05, 0) is 35.0 Å². The molecule has 4 aromatic heterocycles. The van der Waals surface area contributed by atoms with Gasteiger partial charge in [0, 0.05) is 31.7 Å². The number of thiophene rings is 2. The zero-order valence-corrected chi connectivity index (χ0v) is 16.3. The van der Waals surface area contributed by atoms with Gasteiger partial charge in [0.05, 0.1) is 23.5 Å². The third-order valence-corrected chi connectivity index (χ3v) is 7.32. The average molecular weight is 409 g/mol. The number of aromatic nitrogens is 4. The molecular formula is C18H8N4S4. The average Bonchev–Trinajstić information content (AvgIpc) is 3.48. The summed E-state index contributed by atoms with van der Waals surface area (Å²) in [6, 6.07) is 12.7. The second kappa shape index (κ2) is 5.62. The van der Waals surface area contributed by atoms with Crippen molar-refractivity contribution in [1.82, 2.24) is 17.5 Å². The Morgan fingerprint density at radius 1 is 0.615 bits per heavy atom. The number of nitrogens with zero attached hydrogens (tertiary/aromatic N) is 4. The van der Waals surface area contributed by atoms with Crippen LogP contribution in [0.2, 0.25) is 0 Å². The molecule has 0 spiro atoms. The molecule has 4 nitrogen and oxygen atoms in total. The fourth-order valence-electron chi connectivity index (χ4n) is 3.36. The molecule has 0 fully saturated rings. The summed E-state index contributed by atoms with van der Waals surface area (Å²) in [6.45, 7) is 0. The van der Waals surface area contributed by atoms with E-state index in [1.807, 2.05) is 0 Å². The lowest BCUT2D eigenvalue weighted by molar-refractivity contribution is 1.65. The Hall–Kier alpha value is -2.26. The molecule has 6 rings (SSSR count). The van der Waals surface area contributed by atoms with Crippen molar-refractivity contribution in [2.45, 2.75) is 0 Å². The highest BCUT2D eigenvalue weighted by Crippen LogP contribution is 2.44. The molecule has 8 heteroatoms. The van der Waals surface area contributed by atoms with Gasteiger partial charge in [-0.25, -0.2) is 0 Å². The van der Waals surface area contributed by atoms with Crippen LogP contribution in [0.3, 0.4) is 0 Å². The molecule has 6 aromatic rings. The minimum Gasteiger partial charge on any atom is -0.173 e. The van der Waals surface area contributed by atoms with Crippen molar-refractivity contribution < 1.29 is 0 Å². The predicted molar refractivity (Wildman–Crippen MR) is 113 cm³/mol. The summed E-state index contributed by atoms with van der Waals surface area (Å²) in [6.07, 6.45) is 0. The van der Waals surface area contributed by atoms with Crippen molar-refractivity contribution >= 4 is 79.0 Å². The maximum Gasteiger partial charge on any atom is 0.113 e. The monoisotopic (exact) mass is 408 g/mol. The molecule has 0 amide bonds. The van der Waals surface area contributed by atoms with Gasteiger partial charge in [0.1, 0.15) is 22.1 Å². The van der Waals surface area contributed by atoms with Gasteiger partial charge in [0.25, 0.3) is 0 Å². The van der Waals surface area contributed by atoms with Crippen molar-refractivity contribution in [1.29, 1.82) is 0 Å². The normalized spacial score (nSPS) is 11.8. The van der Waals surface area contributed by atoms with Crippen LogP contribution in [0, 0.1) is 0 Å². The van der Waals surface area contributed by atoms with Gasteiger partial charge in [-0.15, -0.1) is 22.7 Å². The summed E-state index contributed by atoms with van der Waals surface area (Å²) in [5.74, 6) is 0. The van der Waals surface area contributed by atoms with Crippen molar-refractivity contribution in [3.63, 3.8) is 0 Å². The molecule has 0 unspecified atom stereocenters. The van der Waals surface area contributed by atoms with Crippen LogP contribution in [0.4, 0.5) is 0 Å². The molecule has 0 N–H and O–H groups in total. The first-order valence-electron chi connectivity index (χ1n) is 7.82. The molecule has 0 radical (unpaired) electrons. The van der Waals surface area contributed by atoms with Crippen LogP contribution in [-0.2, 0) is 0 Å². The molecule has 0 saturated carbocycles. The van der Waals surface area contributed by atoms with Crippen LogP contribution >= 0.6 is 46.1 Å². The van der Waals surface area contributed by atoms with Crippen LogP contribution in [-0.4, -0.2) is 17.5 Å². The van der Waals surface area contributed by atoms with Crippen LogP contribution in [0.1, 0.15) is 0 Å². The van der Waals surface area contributed by atoms with E-state index in [1.165, 1.54) is 33.2 Å². The van der Waals surface area contributed by atoms with Crippen LogP contribution < -0.4 is 0 Å². The Kier molecular flexibility index (Phi) is 3.21. The summed E-state index contributed by atoms with van der Waals surface area (Å²) in [5.41, 5.74) is 6.09. The lowest BCUT2D eigenvalue weighted by atomic mass is 9.95. The molecule has 2 aromatic carbocycles. The fourth-order valence-corrected chi connectivity index (χ4v) is 5.93. The standard InChI is InChI=1S/C18H8N4S4/c1-3-13(23-5-1)9-7-11-18(22-25-19-11)16-10(14-4-2-6-24-14)8-12-17(15(9)16)21-26-20-12/h1-8H. The maximum atomic E-state index is 4.62. The highest BCUT2D eigenvalue weighted by atomic mass is 32.1. The van der Waals surface area contributed by atoms with E-state index >= 15 is 0 Å². The molecule has 0 aliphatic heterocycles. The highest BCUT2D eigenvalue weighted by Gasteiger charge is 2.21. The lowest BCUT2D eigenvalue weighted by Gasteiger charge is -2.10. The quantitative estimate of drug-likeness (QED) is 0.337. The van der Waals surface area contributed by atoms with E-state index in [1.54, 1.807) is 22.7 Å².